The number of carbonyl (C=O) groups is 1. The van der Waals surface area contributed by atoms with Gasteiger partial charge in [-0.3, -0.25) is 14.7 Å². The van der Waals surface area contributed by atoms with E-state index in [4.69, 9.17) is 0 Å². The number of rotatable bonds is 6. The maximum Gasteiger partial charge on any atom is 0.222 e. The van der Waals surface area contributed by atoms with Crippen molar-refractivity contribution in [2.75, 3.05) is 40.3 Å². The van der Waals surface area contributed by atoms with E-state index in [0.717, 1.165) is 64.1 Å². The SMILES string of the molecule is CN(C)CCCN1C(=O)CC[C@@H]2CN(Cc3ccccn3)CC[C@@H]21. The second-order valence-corrected chi connectivity index (χ2v) is 7.45. The van der Waals surface area contributed by atoms with Gasteiger partial charge in [-0.2, -0.15) is 0 Å². The lowest BCUT2D eigenvalue weighted by atomic mass is 9.83. The van der Waals surface area contributed by atoms with Gasteiger partial charge in [0.05, 0.1) is 5.69 Å². The van der Waals surface area contributed by atoms with Crippen LogP contribution >= 0.6 is 0 Å². The maximum atomic E-state index is 12.4. The third-order valence-electron chi connectivity index (χ3n) is 5.34. The average molecular weight is 330 g/mol. The molecule has 1 aromatic rings. The number of nitrogens with zero attached hydrogens (tertiary/aromatic N) is 4. The Morgan fingerprint density at radius 1 is 1.29 bits per heavy atom. The lowest BCUT2D eigenvalue weighted by molar-refractivity contribution is -0.141. The third kappa shape index (κ3) is 4.33. The second-order valence-electron chi connectivity index (χ2n) is 7.45. The minimum absolute atomic E-state index is 0.369. The predicted octanol–water partition coefficient (Wildman–Crippen LogP) is 1.85. The fourth-order valence-corrected chi connectivity index (χ4v) is 4.14. The Balaban J connectivity index is 1.56. The number of hydrogen-bond acceptors (Lipinski definition) is 4. The van der Waals surface area contributed by atoms with E-state index in [1.54, 1.807) is 0 Å². The Hall–Kier alpha value is -1.46. The molecule has 5 heteroatoms. The van der Waals surface area contributed by atoms with E-state index >= 15 is 0 Å². The van der Waals surface area contributed by atoms with Crippen molar-refractivity contribution in [2.24, 2.45) is 5.92 Å². The van der Waals surface area contributed by atoms with E-state index < -0.39 is 0 Å². The average Bonchev–Trinajstić information content (AvgIpc) is 2.57. The van der Waals surface area contributed by atoms with Crippen LogP contribution in [0.4, 0.5) is 0 Å². The van der Waals surface area contributed by atoms with Gasteiger partial charge in [0.25, 0.3) is 0 Å². The standard InChI is InChI=1S/C19H30N4O/c1-21(2)11-5-12-23-18-9-13-22(14-16(18)7-8-19(23)24)15-17-6-3-4-10-20-17/h3-4,6,10,16,18H,5,7-9,11-15H2,1-2H3/t16-,18+/m1/s1. The molecule has 0 unspecified atom stereocenters. The Labute approximate surface area is 145 Å². The summed E-state index contributed by atoms with van der Waals surface area (Å²) in [5.41, 5.74) is 1.14. The summed E-state index contributed by atoms with van der Waals surface area (Å²) in [4.78, 5) is 23.7. The van der Waals surface area contributed by atoms with Crippen molar-refractivity contribution in [1.82, 2.24) is 19.7 Å². The van der Waals surface area contributed by atoms with Crippen molar-refractivity contribution >= 4 is 5.91 Å². The molecule has 2 saturated heterocycles. The van der Waals surface area contributed by atoms with Crippen molar-refractivity contribution in [1.29, 1.82) is 0 Å². The van der Waals surface area contributed by atoms with Crippen LogP contribution in [0.5, 0.6) is 0 Å². The van der Waals surface area contributed by atoms with Gasteiger partial charge < -0.3 is 9.80 Å². The molecular weight excluding hydrogens is 300 g/mol. The zero-order chi connectivity index (χ0) is 16.9. The lowest BCUT2D eigenvalue weighted by Crippen LogP contribution is -2.56. The first-order chi connectivity index (χ1) is 11.6. The Bertz CT molecular complexity index is 533. The van der Waals surface area contributed by atoms with E-state index in [1.165, 1.54) is 0 Å². The van der Waals surface area contributed by atoms with Gasteiger partial charge in [0.15, 0.2) is 0 Å². The highest BCUT2D eigenvalue weighted by molar-refractivity contribution is 5.77. The monoisotopic (exact) mass is 330 g/mol. The zero-order valence-corrected chi connectivity index (χ0v) is 15.0. The van der Waals surface area contributed by atoms with E-state index in [0.29, 0.717) is 17.9 Å². The molecule has 0 spiro atoms. The quantitative estimate of drug-likeness (QED) is 0.798. The first-order valence-electron chi connectivity index (χ1n) is 9.20. The van der Waals surface area contributed by atoms with Gasteiger partial charge in [0.1, 0.15) is 0 Å². The highest BCUT2D eigenvalue weighted by Crippen LogP contribution is 2.31. The molecular formula is C19H30N4O. The van der Waals surface area contributed by atoms with E-state index in [2.05, 4.69) is 45.9 Å². The van der Waals surface area contributed by atoms with Crippen LogP contribution in [0.1, 0.15) is 31.4 Å². The molecule has 0 aromatic carbocycles. The van der Waals surface area contributed by atoms with Gasteiger partial charge >= 0.3 is 0 Å². The summed E-state index contributed by atoms with van der Waals surface area (Å²) in [7, 11) is 4.19. The summed E-state index contributed by atoms with van der Waals surface area (Å²) in [5, 5.41) is 0. The van der Waals surface area contributed by atoms with Gasteiger partial charge in [0.2, 0.25) is 5.91 Å². The van der Waals surface area contributed by atoms with Gasteiger partial charge in [0, 0.05) is 44.8 Å². The number of piperidine rings is 2. The fourth-order valence-electron chi connectivity index (χ4n) is 4.14. The molecule has 0 bridgehead atoms. The number of carbonyl (C=O) groups excluding carboxylic acids is 1. The predicted molar refractivity (Wildman–Crippen MR) is 95.5 cm³/mol. The van der Waals surface area contributed by atoms with Gasteiger partial charge in [-0.25, -0.2) is 0 Å². The van der Waals surface area contributed by atoms with E-state index in [9.17, 15) is 4.79 Å². The van der Waals surface area contributed by atoms with Crippen LogP contribution in [-0.2, 0) is 11.3 Å². The van der Waals surface area contributed by atoms with Gasteiger partial charge in [-0.05, 0) is 58.0 Å². The van der Waals surface area contributed by atoms with Crippen LogP contribution in [0.15, 0.2) is 24.4 Å². The highest BCUT2D eigenvalue weighted by Gasteiger charge is 2.38. The summed E-state index contributed by atoms with van der Waals surface area (Å²) >= 11 is 0. The first kappa shape index (κ1) is 17.4. The zero-order valence-electron chi connectivity index (χ0n) is 15.0. The molecule has 24 heavy (non-hydrogen) atoms. The van der Waals surface area contributed by atoms with Gasteiger partial charge in [-0.1, -0.05) is 6.07 Å². The number of amides is 1. The van der Waals surface area contributed by atoms with E-state index in [-0.39, 0.29) is 0 Å². The summed E-state index contributed by atoms with van der Waals surface area (Å²) < 4.78 is 0. The van der Waals surface area contributed by atoms with Crippen LogP contribution in [-0.4, -0.2) is 71.9 Å². The number of likely N-dealkylation sites (tertiary alicyclic amines) is 2. The van der Waals surface area contributed by atoms with Crippen LogP contribution in [0.2, 0.25) is 0 Å². The van der Waals surface area contributed by atoms with E-state index in [1.807, 2.05) is 12.3 Å². The maximum absolute atomic E-state index is 12.4. The van der Waals surface area contributed by atoms with Crippen molar-refractivity contribution in [3.8, 4) is 0 Å². The largest absolute Gasteiger partial charge is 0.339 e. The van der Waals surface area contributed by atoms with Crippen LogP contribution in [0, 0.1) is 5.92 Å². The summed E-state index contributed by atoms with van der Waals surface area (Å²) in [6, 6.07) is 6.58. The normalized spacial score (nSPS) is 25.1. The minimum Gasteiger partial charge on any atom is -0.339 e. The van der Waals surface area contributed by atoms with Crippen LogP contribution in [0.3, 0.4) is 0 Å². The molecule has 5 nitrogen and oxygen atoms in total. The molecule has 2 aliphatic heterocycles. The summed E-state index contributed by atoms with van der Waals surface area (Å²) in [6.07, 6.45) is 5.81. The minimum atomic E-state index is 0.369. The van der Waals surface area contributed by atoms with Crippen LogP contribution < -0.4 is 0 Å². The Morgan fingerprint density at radius 2 is 2.17 bits per heavy atom. The molecule has 0 N–H and O–H groups in total. The molecule has 1 amide bonds. The Morgan fingerprint density at radius 3 is 2.92 bits per heavy atom. The molecule has 2 atom stereocenters. The number of hydrogen-bond donors (Lipinski definition) is 0. The lowest BCUT2D eigenvalue weighted by Gasteiger charge is -2.47. The third-order valence-corrected chi connectivity index (χ3v) is 5.34. The molecule has 2 aliphatic rings. The second kappa shape index (κ2) is 8.08. The number of fused-ring (bicyclic) bond motifs is 1. The topological polar surface area (TPSA) is 39.7 Å². The smallest absolute Gasteiger partial charge is 0.222 e. The fraction of sp³-hybridized carbons (Fsp3) is 0.684. The van der Waals surface area contributed by atoms with Crippen molar-refractivity contribution in [3.63, 3.8) is 0 Å². The van der Waals surface area contributed by atoms with Crippen LogP contribution in [0.25, 0.3) is 0 Å². The molecule has 0 radical (unpaired) electrons. The van der Waals surface area contributed by atoms with Gasteiger partial charge in [-0.15, -0.1) is 0 Å². The summed E-state index contributed by atoms with van der Waals surface area (Å²) in [5.74, 6) is 0.993. The Kier molecular flexibility index (Phi) is 5.85. The van der Waals surface area contributed by atoms with Crippen molar-refractivity contribution in [2.45, 2.75) is 38.3 Å². The molecule has 132 valence electrons. The molecule has 3 heterocycles. The highest BCUT2D eigenvalue weighted by atomic mass is 16.2. The first-order valence-corrected chi connectivity index (χ1v) is 9.20. The number of aromatic nitrogens is 1. The van der Waals surface area contributed by atoms with Crippen molar-refractivity contribution in [3.05, 3.63) is 30.1 Å². The molecule has 0 aliphatic carbocycles. The molecule has 1 aromatic heterocycles. The summed E-state index contributed by atoms with van der Waals surface area (Å²) in [6.45, 7) is 5.05. The molecule has 3 rings (SSSR count). The molecule has 0 saturated carbocycles. The number of pyridine rings is 1. The van der Waals surface area contributed by atoms with Crippen molar-refractivity contribution < 1.29 is 4.79 Å². The molecule has 2 fully saturated rings.